The Morgan fingerprint density at radius 3 is 0.980 bits per heavy atom. The Balaban J connectivity index is 0.000000368. The van der Waals surface area contributed by atoms with Gasteiger partial charge in [-0.25, -0.2) is 25.3 Å². The van der Waals surface area contributed by atoms with Gasteiger partial charge in [-0.15, -0.1) is 0 Å². The second-order valence-corrected chi connectivity index (χ2v) is 52.9. The number of anilines is 1. The zero-order chi connectivity index (χ0) is 78.1. The molecule has 3 aliphatic heterocycles. The van der Waals surface area contributed by atoms with Gasteiger partial charge in [0.2, 0.25) is 5.88 Å². The molecule has 0 unspecified atom stereocenters. The Bertz CT molecular complexity index is 3380. The molecule has 3 saturated heterocycles. The molecule has 28 heteroatoms. The molecule has 23 nitrogen and oxygen atoms in total. The number of aromatic nitrogens is 3. The normalized spacial score (nSPS) is 16.7. The minimum Gasteiger partial charge on any atom is -0.480 e. The zero-order valence-corrected chi connectivity index (χ0v) is 71.1. The summed E-state index contributed by atoms with van der Waals surface area (Å²) in [5, 5.41) is 30.5. The smallest absolute Gasteiger partial charge is 0.324 e. The molecule has 102 heavy (non-hydrogen) atoms. The molecular weight excluding hydrogens is 1400 g/mol. The molecule has 0 spiro atoms. The number of rotatable bonds is 35. The maximum absolute atomic E-state index is 13.2. The van der Waals surface area contributed by atoms with Crippen LogP contribution in [-0.2, 0) is 96.0 Å². The number of hydrogen-bond acceptors (Lipinski definition) is 22. The minimum atomic E-state index is -3.62. The minimum absolute atomic E-state index is 0.00436. The highest BCUT2D eigenvalue weighted by molar-refractivity contribution is 7.94. The SMILES string of the molecule is CC(C)(C(=O)O)S(=O)(=O)CCC1CCOCC1.CC(C)(CO)c1cc(CC(=O)C(C)(C)S(=O)(=O)CCC2CCOCC2)on1.CC(C)[Si](OCC(C)(C)c1cc(CC(=O)C(C)(C)S(=O)(=O)CCC2CCOCC2)on1)(C(C)C)C(C)C.CC(C)[Si](OCC(C)(C)c1cc(N)on1)(C(C)C)C(C)C. The first-order chi connectivity index (χ1) is 46.8. The fourth-order valence-corrected chi connectivity index (χ4v) is 29.7. The summed E-state index contributed by atoms with van der Waals surface area (Å²) in [6.07, 6.45) is 6.62. The summed E-state index contributed by atoms with van der Waals surface area (Å²) in [6.45, 7) is 52.9. The van der Waals surface area contributed by atoms with E-state index in [4.69, 9.17) is 47.5 Å². The van der Waals surface area contributed by atoms with Crippen molar-refractivity contribution in [2.45, 2.75) is 301 Å². The lowest BCUT2D eigenvalue weighted by Crippen LogP contribution is -2.49. The fraction of sp³-hybridized carbons (Fsp3) is 0.838. The molecule has 0 radical (unpaired) electrons. The summed E-state index contributed by atoms with van der Waals surface area (Å²) < 4.78 is 116. The third-order valence-corrected chi connectivity index (χ3v) is 41.9. The van der Waals surface area contributed by atoms with E-state index >= 15 is 0 Å². The second kappa shape index (κ2) is 38.4. The topological polar surface area (TPSA) is 344 Å². The number of ketones is 2. The van der Waals surface area contributed by atoms with Gasteiger partial charge in [-0.1, -0.05) is 140 Å². The fourth-order valence-electron chi connectivity index (χ4n) is 13.9. The number of carboxylic acid groups (broad SMARTS) is 1. The quantitative estimate of drug-likeness (QED) is 0.0460. The molecule has 6 rings (SSSR count). The summed E-state index contributed by atoms with van der Waals surface area (Å²) in [7, 11) is -14.7. The van der Waals surface area contributed by atoms with Gasteiger partial charge >= 0.3 is 5.97 Å². The molecule has 590 valence electrons. The van der Waals surface area contributed by atoms with Crippen LogP contribution in [0.3, 0.4) is 0 Å². The van der Waals surface area contributed by atoms with Crippen LogP contribution in [0, 0.1) is 17.8 Å². The number of carboxylic acids is 1. The number of hydrogen-bond donors (Lipinski definition) is 3. The maximum Gasteiger partial charge on any atom is 0.324 e. The van der Waals surface area contributed by atoms with Crippen molar-refractivity contribution in [2.75, 3.05) is 82.5 Å². The highest BCUT2D eigenvalue weighted by atomic mass is 32.2. The highest BCUT2D eigenvalue weighted by Crippen LogP contribution is 2.45. The molecule has 0 aliphatic carbocycles. The molecule has 0 bridgehead atoms. The van der Waals surface area contributed by atoms with E-state index in [-0.39, 0.29) is 47.9 Å². The van der Waals surface area contributed by atoms with Crippen molar-refractivity contribution >= 4 is 69.6 Å². The van der Waals surface area contributed by atoms with Crippen molar-refractivity contribution in [3.8, 4) is 0 Å². The molecule has 0 saturated carbocycles. The lowest BCUT2D eigenvalue weighted by Gasteiger charge is -2.43. The average molecular weight is 1540 g/mol. The molecule has 3 fully saturated rings. The van der Waals surface area contributed by atoms with Crippen LogP contribution in [0.25, 0.3) is 0 Å². The predicted octanol–water partition coefficient (Wildman–Crippen LogP) is 14.1. The van der Waals surface area contributed by atoms with E-state index in [1.807, 2.05) is 0 Å². The van der Waals surface area contributed by atoms with Gasteiger partial charge in [-0.2, -0.15) is 0 Å². The molecule has 3 aromatic heterocycles. The van der Waals surface area contributed by atoms with E-state index in [1.54, 1.807) is 32.0 Å². The Morgan fingerprint density at radius 1 is 0.461 bits per heavy atom. The molecule has 3 aromatic rings. The Kier molecular flexibility index (Phi) is 34.8. The first kappa shape index (κ1) is 92.5. The number of nitrogens with zero attached hydrogens (tertiary/aromatic N) is 3. The Hall–Kier alpha value is -3.72. The van der Waals surface area contributed by atoms with Crippen molar-refractivity contribution in [2.24, 2.45) is 17.8 Å². The Morgan fingerprint density at radius 2 is 0.725 bits per heavy atom. The van der Waals surface area contributed by atoms with Gasteiger partial charge in [0.05, 0.1) is 53.8 Å². The molecule has 3 aliphatic rings. The monoisotopic (exact) mass is 1530 g/mol. The van der Waals surface area contributed by atoms with Crippen LogP contribution in [0.2, 0.25) is 33.2 Å². The van der Waals surface area contributed by atoms with Gasteiger partial charge in [0, 0.05) is 87.3 Å². The zero-order valence-electron chi connectivity index (χ0n) is 66.7. The first-order valence-corrected chi connectivity index (χ1v) is 46.2. The van der Waals surface area contributed by atoms with E-state index in [1.165, 1.54) is 41.5 Å². The van der Waals surface area contributed by atoms with Gasteiger partial charge < -0.3 is 52.6 Å². The number of ether oxygens (including phenoxy) is 3. The van der Waals surface area contributed by atoms with E-state index in [9.17, 15) is 44.7 Å². The van der Waals surface area contributed by atoms with E-state index < -0.39 is 83.0 Å². The number of aliphatic hydroxyl groups is 1. The molecule has 6 heterocycles. The molecule has 4 N–H and O–H groups in total. The number of aliphatic carboxylic acids is 1. The predicted molar refractivity (Wildman–Crippen MR) is 407 cm³/mol. The maximum atomic E-state index is 13.2. The molecular formula is C74H134N4O19S3Si2. The third kappa shape index (κ3) is 24.4. The summed E-state index contributed by atoms with van der Waals surface area (Å²) in [6, 6.07) is 5.20. The van der Waals surface area contributed by atoms with Crippen LogP contribution in [-0.4, -0.2) is 176 Å². The van der Waals surface area contributed by atoms with Crippen LogP contribution in [0.15, 0.2) is 31.8 Å². The first-order valence-electron chi connectivity index (χ1n) is 37.0. The lowest BCUT2D eigenvalue weighted by atomic mass is 9.90. The van der Waals surface area contributed by atoms with E-state index in [0.29, 0.717) is 146 Å². The summed E-state index contributed by atoms with van der Waals surface area (Å²) >= 11 is 0. The summed E-state index contributed by atoms with van der Waals surface area (Å²) in [5.41, 5.74) is 9.73. The van der Waals surface area contributed by atoms with Crippen LogP contribution in [0.1, 0.15) is 253 Å². The number of carbonyl (C=O) groups excluding carboxylic acids is 2. The van der Waals surface area contributed by atoms with Gasteiger partial charge in [-0.3, -0.25) is 14.4 Å². The van der Waals surface area contributed by atoms with Gasteiger partial charge in [0.15, 0.2) is 62.5 Å². The van der Waals surface area contributed by atoms with Crippen LogP contribution in [0.4, 0.5) is 5.88 Å². The van der Waals surface area contributed by atoms with Crippen molar-refractivity contribution in [3.05, 3.63) is 46.8 Å². The summed E-state index contributed by atoms with van der Waals surface area (Å²) in [5.74, 6) is -0.0733. The van der Waals surface area contributed by atoms with Gasteiger partial charge in [-0.05, 0) is 150 Å². The van der Waals surface area contributed by atoms with Gasteiger partial charge in [0.25, 0.3) is 0 Å². The average Bonchev–Trinajstić information content (AvgIpc) is 1.21. The van der Waals surface area contributed by atoms with E-state index in [0.717, 1.165) is 49.9 Å². The number of nitrogen functional groups attached to an aromatic ring is 1. The highest BCUT2D eigenvalue weighted by Gasteiger charge is 2.49. The third-order valence-electron chi connectivity index (χ3n) is 22.2. The van der Waals surface area contributed by atoms with E-state index in [2.05, 4.69) is 126 Å². The lowest BCUT2D eigenvalue weighted by molar-refractivity contribution is -0.139. The Labute approximate surface area is 615 Å². The van der Waals surface area contributed by atoms with Crippen molar-refractivity contribution in [3.63, 3.8) is 0 Å². The van der Waals surface area contributed by atoms with Crippen molar-refractivity contribution in [1.82, 2.24) is 15.5 Å². The molecule has 0 aromatic carbocycles. The number of carbonyl (C=O) groups is 3. The van der Waals surface area contributed by atoms with Crippen molar-refractivity contribution < 1.29 is 86.5 Å². The second-order valence-electron chi connectivity index (χ2n) is 34.0. The van der Waals surface area contributed by atoms with Crippen LogP contribution >= 0.6 is 0 Å². The molecule has 0 amide bonds. The van der Waals surface area contributed by atoms with Crippen LogP contribution < -0.4 is 5.73 Å². The van der Waals surface area contributed by atoms with Crippen molar-refractivity contribution in [1.29, 1.82) is 0 Å². The number of nitrogens with two attached hydrogens (primary N) is 1. The van der Waals surface area contributed by atoms with Gasteiger partial charge in [0.1, 0.15) is 21.0 Å². The largest absolute Gasteiger partial charge is 0.480 e. The van der Waals surface area contributed by atoms with Crippen LogP contribution in [0.5, 0.6) is 0 Å². The number of Topliss-reactive ketones (excluding diaryl/α,β-unsaturated/α-hetero) is 2. The summed E-state index contributed by atoms with van der Waals surface area (Å²) in [4.78, 5) is 36.8. The number of aliphatic hydroxyl groups excluding tert-OH is 1. The molecule has 0 atom stereocenters. The standard InChI is InChI=1S/C28H51NO6SSi.C19H31NO6S.C16H32N2O2Si.C11H20O5S/c1-20(2)37(21(3)4,22(5)6)34-19-27(7,8)25-17-24(35-29-25)18-26(30)28(9,10)36(31,32)16-13-23-11-14-33-15-12-23;1-18(2,13-21)16-11-15(26-20-16)12-17(22)19(3,4)27(23,24)10-7-14-5-8-25-9-6-14;1-11(2)21(12(3)4,13(5)6)19-10-16(7,8)14-9-15(17)20-18-14;1-11(2,10(12)13)17(14,15)8-5-9-3-6-16-7-4-9/h17,20-23H,11-16,18-19H2,1-10H3;11,14,21H,5-10,12-13H2,1-4H3;9,11-13H,10,17H2,1-8H3;9H,3-8H2,1-2H3,(H,12,13). The number of sulfone groups is 3.